The van der Waals surface area contributed by atoms with E-state index in [0.29, 0.717) is 17.7 Å². The van der Waals surface area contributed by atoms with Crippen LogP contribution in [-0.4, -0.2) is 10.8 Å². The highest BCUT2D eigenvalue weighted by molar-refractivity contribution is 5.91. The SMILES string of the molecule is CCCC(=O)Nc1ccc(C)c([N+](=O)[O-])c1. The third kappa shape index (κ3) is 3.05. The molecule has 0 aliphatic carbocycles. The Hall–Kier alpha value is -1.91. The number of hydrogen-bond acceptors (Lipinski definition) is 3. The van der Waals surface area contributed by atoms with Crippen LogP contribution in [0.3, 0.4) is 0 Å². The summed E-state index contributed by atoms with van der Waals surface area (Å²) in [6.45, 7) is 3.56. The molecule has 0 atom stereocenters. The number of amides is 1. The molecule has 0 fully saturated rings. The van der Waals surface area contributed by atoms with Crippen LogP contribution < -0.4 is 5.32 Å². The molecule has 0 saturated heterocycles. The number of rotatable bonds is 4. The minimum atomic E-state index is -0.454. The molecule has 1 amide bonds. The summed E-state index contributed by atoms with van der Waals surface area (Å²) in [6.07, 6.45) is 1.17. The van der Waals surface area contributed by atoms with Gasteiger partial charge >= 0.3 is 0 Å². The topological polar surface area (TPSA) is 72.2 Å². The molecule has 5 nitrogen and oxygen atoms in total. The van der Waals surface area contributed by atoms with Crippen LogP contribution >= 0.6 is 0 Å². The lowest BCUT2D eigenvalue weighted by Gasteiger charge is -2.05. The van der Waals surface area contributed by atoms with Gasteiger partial charge in [-0.25, -0.2) is 0 Å². The zero-order chi connectivity index (χ0) is 12.1. The molecule has 1 aromatic carbocycles. The van der Waals surface area contributed by atoms with E-state index in [2.05, 4.69) is 5.32 Å². The first-order valence-electron chi connectivity index (χ1n) is 5.09. The van der Waals surface area contributed by atoms with Crippen molar-refractivity contribution >= 4 is 17.3 Å². The summed E-state index contributed by atoms with van der Waals surface area (Å²) in [4.78, 5) is 21.5. The van der Waals surface area contributed by atoms with Crippen molar-refractivity contribution < 1.29 is 9.72 Å². The maximum Gasteiger partial charge on any atom is 0.274 e. The fourth-order valence-electron chi connectivity index (χ4n) is 1.33. The van der Waals surface area contributed by atoms with Gasteiger partial charge in [0.15, 0.2) is 0 Å². The maximum atomic E-state index is 11.3. The monoisotopic (exact) mass is 222 g/mol. The summed E-state index contributed by atoms with van der Waals surface area (Å²) in [5.74, 6) is -0.124. The summed E-state index contributed by atoms with van der Waals surface area (Å²) in [7, 11) is 0. The Labute approximate surface area is 93.6 Å². The number of hydrogen-bond donors (Lipinski definition) is 1. The van der Waals surface area contributed by atoms with Crippen molar-refractivity contribution in [3.63, 3.8) is 0 Å². The number of nitrogens with one attached hydrogen (secondary N) is 1. The van der Waals surface area contributed by atoms with Crippen molar-refractivity contribution in [2.45, 2.75) is 26.7 Å². The highest BCUT2D eigenvalue weighted by Gasteiger charge is 2.11. The standard InChI is InChI=1S/C11H14N2O3/c1-3-4-11(14)12-9-6-5-8(2)10(7-9)13(15)16/h5-7H,3-4H2,1-2H3,(H,12,14). The van der Waals surface area contributed by atoms with E-state index in [4.69, 9.17) is 0 Å². The molecule has 0 heterocycles. The van der Waals surface area contributed by atoms with Crippen molar-refractivity contribution in [2.24, 2.45) is 0 Å². The number of benzene rings is 1. The Balaban J connectivity index is 2.87. The molecule has 0 spiro atoms. The van der Waals surface area contributed by atoms with Crippen molar-refractivity contribution in [1.82, 2.24) is 0 Å². The normalized spacial score (nSPS) is 9.88. The van der Waals surface area contributed by atoms with Gasteiger partial charge in [-0.15, -0.1) is 0 Å². The molecular formula is C11H14N2O3. The largest absolute Gasteiger partial charge is 0.326 e. The molecule has 1 N–H and O–H groups in total. The average Bonchev–Trinajstić information content (AvgIpc) is 2.21. The minimum absolute atomic E-state index is 0.0225. The van der Waals surface area contributed by atoms with Crippen molar-refractivity contribution in [2.75, 3.05) is 5.32 Å². The van der Waals surface area contributed by atoms with Gasteiger partial charge in [-0.05, 0) is 19.4 Å². The van der Waals surface area contributed by atoms with Crippen molar-refractivity contribution in [1.29, 1.82) is 0 Å². The van der Waals surface area contributed by atoms with Crippen LogP contribution in [0.5, 0.6) is 0 Å². The number of anilines is 1. The smallest absolute Gasteiger partial charge is 0.274 e. The highest BCUT2D eigenvalue weighted by atomic mass is 16.6. The molecule has 0 aromatic heterocycles. The molecule has 16 heavy (non-hydrogen) atoms. The zero-order valence-corrected chi connectivity index (χ0v) is 9.32. The third-order valence-corrected chi connectivity index (χ3v) is 2.17. The van der Waals surface area contributed by atoms with Crippen LogP contribution in [0.15, 0.2) is 18.2 Å². The van der Waals surface area contributed by atoms with Gasteiger partial charge < -0.3 is 5.32 Å². The van der Waals surface area contributed by atoms with Crippen LogP contribution in [0.4, 0.5) is 11.4 Å². The Morgan fingerprint density at radius 3 is 2.75 bits per heavy atom. The molecule has 5 heteroatoms. The minimum Gasteiger partial charge on any atom is -0.326 e. The van der Waals surface area contributed by atoms with E-state index in [1.54, 1.807) is 19.1 Å². The number of nitrogens with zero attached hydrogens (tertiary/aromatic N) is 1. The van der Waals surface area contributed by atoms with Crippen LogP contribution in [0.2, 0.25) is 0 Å². The van der Waals surface area contributed by atoms with Gasteiger partial charge in [0.1, 0.15) is 0 Å². The van der Waals surface area contributed by atoms with Gasteiger partial charge in [0.25, 0.3) is 5.69 Å². The lowest BCUT2D eigenvalue weighted by atomic mass is 10.2. The number of aryl methyl sites for hydroxylation is 1. The summed E-state index contributed by atoms with van der Waals surface area (Å²) < 4.78 is 0. The van der Waals surface area contributed by atoms with E-state index < -0.39 is 4.92 Å². The Kier molecular flexibility index (Phi) is 3.99. The molecule has 0 bridgehead atoms. The lowest BCUT2D eigenvalue weighted by molar-refractivity contribution is -0.385. The van der Waals surface area contributed by atoms with Crippen LogP contribution in [0, 0.1) is 17.0 Å². The maximum absolute atomic E-state index is 11.3. The summed E-state index contributed by atoms with van der Waals surface area (Å²) >= 11 is 0. The fourth-order valence-corrected chi connectivity index (χ4v) is 1.33. The predicted molar refractivity (Wildman–Crippen MR) is 61.4 cm³/mol. The Morgan fingerprint density at radius 1 is 1.50 bits per heavy atom. The number of nitro benzene ring substituents is 1. The molecule has 0 unspecified atom stereocenters. The van der Waals surface area contributed by atoms with E-state index in [1.807, 2.05) is 6.92 Å². The molecule has 0 aliphatic rings. The van der Waals surface area contributed by atoms with E-state index in [9.17, 15) is 14.9 Å². The van der Waals surface area contributed by atoms with Crippen LogP contribution in [0.1, 0.15) is 25.3 Å². The van der Waals surface area contributed by atoms with Gasteiger partial charge in [0, 0.05) is 23.7 Å². The van der Waals surface area contributed by atoms with Crippen molar-refractivity contribution in [3.05, 3.63) is 33.9 Å². The Morgan fingerprint density at radius 2 is 2.19 bits per heavy atom. The molecular weight excluding hydrogens is 208 g/mol. The first kappa shape index (κ1) is 12.2. The van der Waals surface area contributed by atoms with Gasteiger partial charge in [-0.1, -0.05) is 13.0 Å². The first-order valence-corrected chi connectivity index (χ1v) is 5.09. The fraction of sp³-hybridized carbons (Fsp3) is 0.364. The number of nitro groups is 1. The molecule has 0 radical (unpaired) electrons. The molecule has 1 aromatic rings. The quantitative estimate of drug-likeness (QED) is 0.628. The van der Waals surface area contributed by atoms with E-state index >= 15 is 0 Å². The average molecular weight is 222 g/mol. The van der Waals surface area contributed by atoms with E-state index in [1.165, 1.54) is 6.07 Å². The summed E-state index contributed by atoms with van der Waals surface area (Å²) in [5, 5.41) is 13.3. The second-order valence-electron chi connectivity index (χ2n) is 3.56. The van der Waals surface area contributed by atoms with E-state index in [-0.39, 0.29) is 11.6 Å². The van der Waals surface area contributed by atoms with E-state index in [0.717, 1.165) is 6.42 Å². The molecule has 1 rings (SSSR count). The van der Waals surface area contributed by atoms with Gasteiger partial charge in [-0.2, -0.15) is 0 Å². The van der Waals surface area contributed by atoms with Gasteiger partial charge in [0.05, 0.1) is 4.92 Å². The van der Waals surface area contributed by atoms with Gasteiger partial charge in [0.2, 0.25) is 5.91 Å². The second kappa shape index (κ2) is 5.25. The molecule has 0 saturated carbocycles. The second-order valence-corrected chi connectivity index (χ2v) is 3.56. The van der Waals surface area contributed by atoms with Crippen LogP contribution in [-0.2, 0) is 4.79 Å². The summed E-state index contributed by atoms with van der Waals surface area (Å²) in [6, 6.07) is 4.67. The third-order valence-electron chi connectivity index (χ3n) is 2.17. The first-order chi connectivity index (χ1) is 7.54. The number of carbonyl (C=O) groups excluding carboxylic acids is 1. The number of carbonyl (C=O) groups is 1. The summed E-state index contributed by atoms with van der Waals surface area (Å²) in [5.41, 5.74) is 1.07. The Bertz CT molecular complexity index is 416. The van der Waals surface area contributed by atoms with Crippen LogP contribution in [0.25, 0.3) is 0 Å². The predicted octanol–water partition coefficient (Wildman–Crippen LogP) is 2.64. The van der Waals surface area contributed by atoms with Gasteiger partial charge in [-0.3, -0.25) is 14.9 Å². The van der Waals surface area contributed by atoms with Crippen molar-refractivity contribution in [3.8, 4) is 0 Å². The molecule has 86 valence electrons. The zero-order valence-electron chi connectivity index (χ0n) is 9.32. The highest BCUT2D eigenvalue weighted by Crippen LogP contribution is 2.22. The lowest BCUT2D eigenvalue weighted by Crippen LogP contribution is -2.10. The molecule has 0 aliphatic heterocycles.